The molecule has 4 rings (SSSR count). The van der Waals surface area contributed by atoms with Gasteiger partial charge in [-0.25, -0.2) is 0 Å². The van der Waals surface area contributed by atoms with Gasteiger partial charge in [0, 0.05) is 56.0 Å². The van der Waals surface area contributed by atoms with Crippen LogP contribution in [0.15, 0.2) is 29.3 Å². The molecule has 1 saturated carbocycles. The van der Waals surface area contributed by atoms with E-state index in [2.05, 4.69) is 16.8 Å². The Hall–Kier alpha value is -2.61. The van der Waals surface area contributed by atoms with Crippen molar-refractivity contribution in [1.29, 1.82) is 0 Å². The fourth-order valence-corrected chi connectivity index (χ4v) is 6.53. The van der Waals surface area contributed by atoms with Gasteiger partial charge in [-0.2, -0.15) is 4.99 Å². The van der Waals surface area contributed by atoms with E-state index in [1.54, 1.807) is 0 Å². The molecule has 0 spiro atoms. The highest BCUT2D eigenvalue weighted by Crippen LogP contribution is 2.36. The van der Waals surface area contributed by atoms with Crippen LogP contribution in [0.5, 0.6) is 0 Å². The first kappa shape index (κ1) is 28.4. The SMILES string of the molecule is CC(=O)N=C(N)N1C[C@H](C(=O)N2CCC(N(C(=O)C(C)C)C3CCC(C)CC3)C2)[C@H](c2ccc(Cl)cc2)C1. The van der Waals surface area contributed by atoms with E-state index in [9.17, 15) is 14.4 Å². The maximum Gasteiger partial charge on any atom is 0.245 e. The van der Waals surface area contributed by atoms with Crippen LogP contribution in [-0.2, 0) is 14.4 Å². The van der Waals surface area contributed by atoms with E-state index in [0.29, 0.717) is 37.1 Å². The van der Waals surface area contributed by atoms with Crippen LogP contribution in [0.1, 0.15) is 71.3 Å². The lowest BCUT2D eigenvalue weighted by Crippen LogP contribution is -2.51. The van der Waals surface area contributed by atoms with Gasteiger partial charge in [-0.1, -0.05) is 44.5 Å². The topological polar surface area (TPSA) is 99.3 Å². The molecule has 2 saturated heterocycles. The van der Waals surface area contributed by atoms with Crippen LogP contribution in [0.2, 0.25) is 5.02 Å². The quantitative estimate of drug-likeness (QED) is 0.449. The molecule has 3 aliphatic rings. The second-order valence-corrected chi connectivity index (χ2v) is 12.1. The third-order valence-corrected chi connectivity index (χ3v) is 8.78. The van der Waals surface area contributed by atoms with Crippen molar-refractivity contribution in [2.24, 2.45) is 28.5 Å². The molecule has 1 aliphatic carbocycles. The summed E-state index contributed by atoms with van der Waals surface area (Å²) in [7, 11) is 0. The number of carbonyl (C=O) groups excluding carboxylic acids is 3. The number of halogens is 1. The lowest BCUT2D eigenvalue weighted by Gasteiger charge is -2.41. The van der Waals surface area contributed by atoms with Gasteiger partial charge < -0.3 is 20.4 Å². The Morgan fingerprint density at radius 3 is 2.24 bits per heavy atom. The minimum atomic E-state index is -0.366. The van der Waals surface area contributed by atoms with Crippen molar-refractivity contribution in [2.45, 2.75) is 77.8 Å². The number of hydrogen-bond donors (Lipinski definition) is 1. The van der Waals surface area contributed by atoms with Crippen LogP contribution < -0.4 is 5.73 Å². The van der Waals surface area contributed by atoms with Crippen molar-refractivity contribution in [3.63, 3.8) is 0 Å². The number of aliphatic imine (C=N–C) groups is 1. The highest BCUT2D eigenvalue weighted by molar-refractivity contribution is 6.30. The number of benzene rings is 1. The molecule has 8 nitrogen and oxygen atoms in total. The molecule has 1 aromatic rings. The van der Waals surface area contributed by atoms with Gasteiger partial charge in [-0.15, -0.1) is 0 Å². The number of likely N-dealkylation sites (tertiary alicyclic amines) is 2. The highest BCUT2D eigenvalue weighted by Gasteiger charge is 2.44. The number of carbonyl (C=O) groups is 3. The van der Waals surface area contributed by atoms with Gasteiger partial charge >= 0.3 is 0 Å². The lowest BCUT2D eigenvalue weighted by atomic mass is 9.85. The molecule has 2 heterocycles. The Morgan fingerprint density at radius 2 is 1.63 bits per heavy atom. The van der Waals surface area contributed by atoms with Crippen LogP contribution in [0, 0.1) is 17.8 Å². The first-order valence-corrected chi connectivity index (χ1v) is 14.4. The molecule has 0 bridgehead atoms. The lowest BCUT2D eigenvalue weighted by molar-refractivity contribution is -0.142. The number of hydrogen-bond acceptors (Lipinski definition) is 3. The summed E-state index contributed by atoms with van der Waals surface area (Å²) in [6.45, 7) is 9.67. The van der Waals surface area contributed by atoms with E-state index in [1.165, 1.54) is 6.92 Å². The van der Waals surface area contributed by atoms with Gasteiger partial charge in [0.15, 0.2) is 5.96 Å². The molecule has 3 amide bonds. The summed E-state index contributed by atoms with van der Waals surface area (Å²) in [4.78, 5) is 48.7. The fourth-order valence-electron chi connectivity index (χ4n) is 6.40. The zero-order valence-corrected chi connectivity index (χ0v) is 23.9. The largest absolute Gasteiger partial charge is 0.369 e. The third kappa shape index (κ3) is 6.33. The van der Waals surface area contributed by atoms with Crippen molar-refractivity contribution in [1.82, 2.24) is 14.7 Å². The monoisotopic (exact) mass is 543 g/mol. The zero-order valence-electron chi connectivity index (χ0n) is 23.1. The van der Waals surface area contributed by atoms with E-state index in [0.717, 1.165) is 37.7 Å². The molecule has 2 aliphatic heterocycles. The molecule has 9 heteroatoms. The average molecular weight is 544 g/mol. The summed E-state index contributed by atoms with van der Waals surface area (Å²) in [5, 5.41) is 0.638. The van der Waals surface area contributed by atoms with Gasteiger partial charge in [0.1, 0.15) is 0 Å². The second kappa shape index (κ2) is 12.1. The minimum absolute atomic E-state index is 0.0445. The number of nitrogens with zero attached hydrogens (tertiary/aromatic N) is 4. The Bertz CT molecular complexity index is 1050. The normalized spacial score (nSPS) is 28.2. The summed E-state index contributed by atoms with van der Waals surface area (Å²) >= 11 is 6.13. The van der Waals surface area contributed by atoms with Gasteiger partial charge in [0.25, 0.3) is 0 Å². The third-order valence-electron chi connectivity index (χ3n) is 8.53. The van der Waals surface area contributed by atoms with Gasteiger partial charge in [0.2, 0.25) is 17.7 Å². The summed E-state index contributed by atoms with van der Waals surface area (Å²) in [6.07, 6.45) is 5.16. The van der Waals surface area contributed by atoms with Crippen molar-refractivity contribution in [2.75, 3.05) is 26.2 Å². The summed E-state index contributed by atoms with van der Waals surface area (Å²) in [6, 6.07) is 7.88. The molecule has 1 unspecified atom stereocenters. The first-order chi connectivity index (χ1) is 18.0. The minimum Gasteiger partial charge on any atom is -0.369 e. The predicted molar refractivity (Wildman–Crippen MR) is 150 cm³/mol. The molecule has 208 valence electrons. The van der Waals surface area contributed by atoms with Gasteiger partial charge in [0.05, 0.1) is 12.0 Å². The first-order valence-electron chi connectivity index (χ1n) is 14.0. The van der Waals surface area contributed by atoms with Gasteiger partial charge in [-0.3, -0.25) is 14.4 Å². The maximum absolute atomic E-state index is 14.0. The second-order valence-electron chi connectivity index (χ2n) is 11.7. The van der Waals surface area contributed by atoms with Crippen LogP contribution in [0.4, 0.5) is 0 Å². The van der Waals surface area contributed by atoms with Crippen LogP contribution >= 0.6 is 11.6 Å². The molecule has 1 aromatic carbocycles. The summed E-state index contributed by atoms with van der Waals surface area (Å²) in [5.74, 6) is 0.246. The molecular weight excluding hydrogens is 502 g/mol. The van der Waals surface area contributed by atoms with E-state index in [4.69, 9.17) is 17.3 Å². The van der Waals surface area contributed by atoms with Crippen molar-refractivity contribution in [3.05, 3.63) is 34.9 Å². The Labute approximate surface area is 231 Å². The fraction of sp³-hybridized carbons (Fsp3) is 0.655. The molecule has 3 fully saturated rings. The van der Waals surface area contributed by atoms with E-state index in [1.807, 2.05) is 47.9 Å². The predicted octanol–water partition coefficient (Wildman–Crippen LogP) is 3.88. The Balaban J connectivity index is 1.53. The molecular formula is C29H42ClN5O3. The molecule has 0 radical (unpaired) electrons. The van der Waals surface area contributed by atoms with Crippen molar-refractivity contribution in [3.8, 4) is 0 Å². The highest BCUT2D eigenvalue weighted by atomic mass is 35.5. The van der Waals surface area contributed by atoms with E-state index in [-0.39, 0.29) is 53.5 Å². The van der Waals surface area contributed by atoms with Crippen molar-refractivity contribution >= 4 is 35.3 Å². The Morgan fingerprint density at radius 1 is 0.974 bits per heavy atom. The molecule has 38 heavy (non-hydrogen) atoms. The van der Waals surface area contributed by atoms with E-state index >= 15 is 0 Å². The number of amides is 3. The van der Waals surface area contributed by atoms with Crippen LogP contribution in [0.3, 0.4) is 0 Å². The summed E-state index contributed by atoms with van der Waals surface area (Å²) in [5.41, 5.74) is 7.15. The molecule has 3 atom stereocenters. The van der Waals surface area contributed by atoms with Crippen molar-refractivity contribution < 1.29 is 14.4 Å². The number of rotatable bonds is 5. The zero-order chi connectivity index (χ0) is 27.6. The standard InChI is InChI=1S/C29H42ClN5O3/c1-18(2)27(37)35(23-11-5-19(3)6-12-23)24-13-14-33(15-24)28(38)26-17-34(29(31)32-20(4)36)16-25(26)21-7-9-22(30)10-8-21/h7-10,18-19,23-26H,5-6,11-17H2,1-4H3,(H2,31,32,36)/t19?,23?,24?,25-,26-/m0/s1. The van der Waals surface area contributed by atoms with Crippen LogP contribution in [0.25, 0.3) is 0 Å². The summed E-state index contributed by atoms with van der Waals surface area (Å²) < 4.78 is 0. The van der Waals surface area contributed by atoms with Crippen LogP contribution in [-0.4, -0.2) is 76.6 Å². The smallest absolute Gasteiger partial charge is 0.245 e. The average Bonchev–Trinajstić information content (AvgIpc) is 3.53. The maximum atomic E-state index is 14.0. The Kier molecular flexibility index (Phi) is 9.01. The molecule has 0 aromatic heterocycles. The number of nitrogens with two attached hydrogens (primary N) is 1. The molecule has 2 N–H and O–H groups in total. The van der Waals surface area contributed by atoms with Gasteiger partial charge in [-0.05, 0) is 55.7 Å². The van der Waals surface area contributed by atoms with E-state index < -0.39 is 0 Å². The number of guanidine groups is 1.